The van der Waals surface area contributed by atoms with Crippen molar-refractivity contribution in [2.75, 3.05) is 7.11 Å². The summed E-state index contributed by atoms with van der Waals surface area (Å²) in [5.41, 5.74) is 2.72. The highest BCUT2D eigenvalue weighted by atomic mass is 32.1. The van der Waals surface area contributed by atoms with Gasteiger partial charge in [0, 0.05) is 23.7 Å². The van der Waals surface area contributed by atoms with E-state index in [0.29, 0.717) is 16.3 Å². The predicted molar refractivity (Wildman–Crippen MR) is 109 cm³/mol. The number of halogens is 1. The van der Waals surface area contributed by atoms with Gasteiger partial charge in [0.2, 0.25) is 0 Å². The largest absolute Gasteiger partial charge is 0.494 e. The van der Waals surface area contributed by atoms with Crippen molar-refractivity contribution in [1.29, 1.82) is 0 Å². The second-order valence-electron chi connectivity index (χ2n) is 6.20. The van der Waals surface area contributed by atoms with Crippen molar-refractivity contribution in [2.24, 2.45) is 0 Å². The molecule has 0 saturated carbocycles. The third kappa shape index (κ3) is 4.17. The maximum atomic E-state index is 13.8. The molecule has 0 saturated heterocycles. The molecule has 0 spiro atoms. The van der Waals surface area contributed by atoms with Gasteiger partial charge in [0.25, 0.3) is 5.91 Å². The van der Waals surface area contributed by atoms with E-state index < -0.39 is 5.82 Å². The maximum Gasteiger partial charge on any atom is 0.271 e. The number of hydrogen-bond acceptors (Lipinski definition) is 5. The third-order valence-corrected chi connectivity index (χ3v) is 5.15. The van der Waals surface area contributed by atoms with E-state index in [4.69, 9.17) is 4.74 Å². The number of aromatic nitrogens is 3. The van der Waals surface area contributed by atoms with Gasteiger partial charge in [0.05, 0.1) is 19.0 Å². The molecule has 0 aliphatic heterocycles. The van der Waals surface area contributed by atoms with Gasteiger partial charge in [-0.05, 0) is 29.8 Å². The van der Waals surface area contributed by atoms with E-state index in [1.54, 1.807) is 22.3 Å². The fourth-order valence-electron chi connectivity index (χ4n) is 2.76. The van der Waals surface area contributed by atoms with Crippen LogP contribution in [0.25, 0.3) is 16.3 Å². The molecule has 0 aliphatic rings. The third-order valence-electron chi connectivity index (χ3n) is 4.26. The number of nitrogens with one attached hydrogen (secondary N) is 1. The molecule has 0 bridgehead atoms. The molecule has 2 aromatic heterocycles. The molecule has 0 unspecified atom stereocenters. The van der Waals surface area contributed by atoms with E-state index in [1.165, 1.54) is 30.6 Å². The molecule has 2 aromatic carbocycles. The number of hydrogen-bond donors (Lipinski definition) is 1. The van der Waals surface area contributed by atoms with Gasteiger partial charge in [0.15, 0.2) is 11.6 Å². The van der Waals surface area contributed by atoms with Crippen LogP contribution in [0.1, 0.15) is 16.1 Å². The molecule has 8 heteroatoms. The molecule has 1 amide bonds. The lowest BCUT2D eigenvalue weighted by atomic mass is 10.2. The zero-order chi connectivity index (χ0) is 20.2. The van der Waals surface area contributed by atoms with Crippen LogP contribution in [0.15, 0.2) is 66.3 Å². The van der Waals surface area contributed by atoms with E-state index in [1.807, 2.05) is 36.5 Å². The first-order valence-corrected chi connectivity index (χ1v) is 9.68. The number of carbonyl (C=O) groups is 1. The standard InChI is InChI=1S/C21H17FN4O2S/c1-28-19-8-7-14(9-17(19)22)10-23-20(27)18-13-29-21(25-18)15-11-24-26(12-15)16-5-3-2-4-6-16/h2-9,11-13H,10H2,1H3,(H,23,27). The molecular weight excluding hydrogens is 391 g/mol. The van der Waals surface area contributed by atoms with E-state index in [0.717, 1.165) is 11.3 Å². The van der Waals surface area contributed by atoms with Crippen molar-refractivity contribution >= 4 is 17.2 Å². The van der Waals surface area contributed by atoms with Gasteiger partial charge in [-0.25, -0.2) is 14.1 Å². The molecule has 0 fully saturated rings. The molecular formula is C21H17FN4O2S. The molecule has 0 radical (unpaired) electrons. The van der Waals surface area contributed by atoms with Crippen LogP contribution in [0.2, 0.25) is 0 Å². The number of carbonyl (C=O) groups excluding carboxylic acids is 1. The Morgan fingerprint density at radius 3 is 2.83 bits per heavy atom. The van der Waals surface area contributed by atoms with E-state index in [-0.39, 0.29) is 18.2 Å². The highest BCUT2D eigenvalue weighted by molar-refractivity contribution is 7.13. The lowest BCUT2D eigenvalue weighted by Crippen LogP contribution is -2.23. The van der Waals surface area contributed by atoms with Crippen molar-refractivity contribution in [3.05, 3.63) is 83.4 Å². The summed E-state index contributed by atoms with van der Waals surface area (Å²) in [7, 11) is 1.41. The Morgan fingerprint density at radius 1 is 1.24 bits per heavy atom. The fourth-order valence-corrected chi connectivity index (χ4v) is 3.53. The van der Waals surface area contributed by atoms with Crippen molar-refractivity contribution in [2.45, 2.75) is 6.54 Å². The highest BCUT2D eigenvalue weighted by Gasteiger charge is 2.14. The number of ether oxygens (including phenoxy) is 1. The summed E-state index contributed by atoms with van der Waals surface area (Å²) in [5.74, 6) is -0.620. The average molecular weight is 408 g/mol. The zero-order valence-electron chi connectivity index (χ0n) is 15.5. The first-order valence-electron chi connectivity index (χ1n) is 8.80. The van der Waals surface area contributed by atoms with Crippen LogP contribution in [0.4, 0.5) is 4.39 Å². The van der Waals surface area contributed by atoms with Crippen molar-refractivity contribution in [3.8, 4) is 22.0 Å². The minimum Gasteiger partial charge on any atom is -0.494 e. The highest BCUT2D eigenvalue weighted by Crippen LogP contribution is 2.24. The SMILES string of the molecule is COc1ccc(CNC(=O)c2csc(-c3cnn(-c4ccccc4)c3)n2)cc1F. The summed E-state index contributed by atoms with van der Waals surface area (Å²) in [6.07, 6.45) is 3.59. The zero-order valence-corrected chi connectivity index (χ0v) is 16.3. The van der Waals surface area contributed by atoms with Crippen LogP contribution in [-0.2, 0) is 6.54 Å². The van der Waals surface area contributed by atoms with Crippen LogP contribution < -0.4 is 10.1 Å². The number of rotatable bonds is 6. The fraction of sp³-hybridized carbons (Fsp3) is 0.0952. The Bertz CT molecular complexity index is 1140. The van der Waals surface area contributed by atoms with Crippen LogP contribution in [0.3, 0.4) is 0 Å². The average Bonchev–Trinajstić information content (AvgIpc) is 3.42. The van der Waals surface area contributed by atoms with Crippen molar-refractivity contribution in [1.82, 2.24) is 20.1 Å². The molecule has 1 N–H and O–H groups in total. The Labute approximate surface area is 170 Å². The molecule has 6 nitrogen and oxygen atoms in total. The number of thiazole rings is 1. The smallest absolute Gasteiger partial charge is 0.271 e. The van der Waals surface area contributed by atoms with E-state index >= 15 is 0 Å². The first kappa shape index (κ1) is 18.8. The minimum absolute atomic E-state index is 0.167. The van der Waals surface area contributed by atoms with E-state index in [9.17, 15) is 9.18 Å². The topological polar surface area (TPSA) is 69.0 Å². The molecule has 146 valence electrons. The molecule has 4 rings (SSSR count). The van der Waals surface area contributed by atoms with Gasteiger partial charge in [-0.1, -0.05) is 24.3 Å². The van der Waals surface area contributed by atoms with Gasteiger partial charge in [0.1, 0.15) is 10.7 Å². The Balaban J connectivity index is 1.43. The summed E-state index contributed by atoms with van der Waals surface area (Å²) in [5, 5.41) is 9.50. The second-order valence-corrected chi connectivity index (χ2v) is 7.06. The van der Waals surface area contributed by atoms with Crippen molar-refractivity contribution in [3.63, 3.8) is 0 Å². The molecule has 29 heavy (non-hydrogen) atoms. The predicted octanol–water partition coefficient (Wildman–Crippen LogP) is 4.07. The van der Waals surface area contributed by atoms with Crippen LogP contribution in [0.5, 0.6) is 5.75 Å². The van der Waals surface area contributed by atoms with E-state index in [2.05, 4.69) is 15.4 Å². The second kappa shape index (κ2) is 8.24. The van der Waals surface area contributed by atoms with Crippen LogP contribution >= 0.6 is 11.3 Å². The van der Waals surface area contributed by atoms with Gasteiger partial charge in [-0.15, -0.1) is 11.3 Å². The summed E-state index contributed by atoms with van der Waals surface area (Å²) in [4.78, 5) is 16.8. The first-order chi connectivity index (χ1) is 14.1. The Hall–Kier alpha value is -3.52. The number of benzene rings is 2. The summed E-state index contributed by atoms with van der Waals surface area (Å²) < 4.78 is 20.4. The van der Waals surface area contributed by atoms with Crippen LogP contribution in [-0.4, -0.2) is 27.8 Å². The van der Waals surface area contributed by atoms with Gasteiger partial charge >= 0.3 is 0 Å². The summed E-state index contributed by atoms with van der Waals surface area (Å²) >= 11 is 1.37. The quantitative estimate of drug-likeness (QED) is 0.522. The monoisotopic (exact) mass is 408 g/mol. The van der Waals surface area contributed by atoms with Crippen LogP contribution in [0, 0.1) is 5.82 Å². The number of nitrogens with zero attached hydrogens (tertiary/aromatic N) is 3. The summed E-state index contributed by atoms with van der Waals surface area (Å²) in [6.45, 7) is 0.193. The number of amides is 1. The maximum absolute atomic E-state index is 13.8. The molecule has 2 heterocycles. The van der Waals surface area contributed by atoms with Gasteiger partial charge < -0.3 is 10.1 Å². The Kier molecular flexibility index (Phi) is 5.35. The van der Waals surface area contributed by atoms with Gasteiger partial charge in [-0.2, -0.15) is 5.10 Å². The minimum atomic E-state index is -0.467. The Morgan fingerprint density at radius 2 is 2.07 bits per heavy atom. The van der Waals surface area contributed by atoms with Crippen molar-refractivity contribution < 1.29 is 13.9 Å². The lowest BCUT2D eigenvalue weighted by molar-refractivity contribution is 0.0946. The number of para-hydroxylation sites is 1. The molecule has 0 aliphatic carbocycles. The number of methoxy groups -OCH3 is 1. The van der Waals surface area contributed by atoms with Gasteiger partial charge in [-0.3, -0.25) is 4.79 Å². The lowest BCUT2D eigenvalue weighted by Gasteiger charge is -2.06. The molecule has 4 aromatic rings. The normalized spacial score (nSPS) is 10.7. The summed E-state index contributed by atoms with van der Waals surface area (Å²) in [6, 6.07) is 14.3. The molecule has 0 atom stereocenters.